The van der Waals surface area contributed by atoms with Crippen molar-refractivity contribution in [3.8, 4) is 0 Å². The fourth-order valence-corrected chi connectivity index (χ4v) is 8.19. The summed E-state index contributed by atoms with van der Waals surface area (Å²) in [6, 6.07) is 11.7. The molecule has 2 aliphatic heterocycles. The Kier molecular flexibility index (Phi) is 11.4. The highest BCUT2D eigenvalue weighted by atomic mass is 19.1. The molecule has 0 amide bonds. The molecule has 4 aliphatic rings. The predicted octanol–water partition coefficient (Wildman–Crippen LogP) is 8.93. The Bertz CT molecular complexity index is 2590. The summed E-state index contributed by atoms with van der Waals surface area (Å²) in [4.78, 5) is 45.2. The first-order valence-corrected chi connectivity index (χ1v) is 21.3. The monoisotopic (exact) mass is 832 g/mol. The van der Waals surface area contributed by atoms with E-state index in [9.17, 15) is 22.4 Å². The molecule has 0 spiro atoms. The van der Waals surface area contributed by atoms with Gasteiger partial charge < -0.3 is 20.4 Å². The standard InChI is InChI=1S/C23H23F2N5O.C23H25F2N5/c1-13-10-19-20(12-26-13)29-23(22(28-19)27-16-3-4-16)30-8-6-14(7-9-30)21(31)17-11-15(24)2-5-18(17)25;1-14-10-20-21(13-26-14)28-22(27-18-4-5-18)23(29-20)30-8-6-15(7-9-30)11-16-2-3-17(24)12-19(16)25/h2,5,10-12,14,16H,3-4,6-9H2,1H3,(H,27,28);2-3,10,12-13,15,18H,4-9,11H2,1H3,(H,27,28). The molecule has 2 aromatic carbocycles. The molecule has 11 nitrogen and oxygen atoms in total. The summed E-state index contributed by atoms with van der Waals surface area (Å²) < 4.78 is 54.7. The molecule has 0 bridgehead atoms. The van der Waals surface area contributed by atoms with Crippen molar-refractivity contribution < 1.29 is 22.4 Å². The molecule has 2 saturated heterocycles. The van der Waals surface area contributed by atoms with E-state index >= 15 is 0 Å². The lowest BCUT2D eigenvalue weighted by Crippen LogP contribution is -2.37. The molecular weight excluding hydrogens is 785 g/mol. The Morgan fingerprint density at radius 1 is 0.607 bits per heavy atom. The van der Waals surface area contributed by atoms with E-state index in [1.165, 1.54) is 6.07 Å². The van der Waals surface area contributed by atoms with Gasteiger partial charge in [0, 0.05) is 61.6 Å². The summed E-state index contributed by atoms with van der Waals surface area (Å²) >= 11 is 0. The summed E-state index contributed by atoms with van der Waals surface area (Å²) in [7, 11) is 0. The predicted molar refractivity (Wildman–Crippen MR) is 228 cm³/mol. The lowest BCUT2D eigenvalue weighted by Gasteiger charge is -2.33. The van der Waals surface area contributed by atoms with Crippen molar-refractivity contribution in [2.45, 2.75) is 83.7 Å². The summed E-state index contributed by atoms with van der Waals surface area (Å²) in [6.07, 6.45) is 11.7. The average molecular weight is 833 g/mol. The molecule has 0 unspecified atom stereocenters. The Morgan fingerprint density at radius 2 is 1.11 bits per heavy atom. The van der Waals surface area contributed by atoms with Crippen molar-refractivity contribution in [3.05, 3.63) is 107 Å². The third-order valence-corrected chi connectivity index (χ3v) is 12.0. The van der Waals surface area contributed by atoms with Crippen LogP contribution in [0.4, 0.5) is 40.8 Å². The molecule has 6 aromatic rings. The van der Waals surface area contributed by atoms with E-state index in [2.05, 4.69) is 30.4 Å². The number of piperidine rings is 2. The highest BCUT2D eigenvalue weighted by Gasteiger charge is 2.32. The van der Waals surface area contributed by atoms with Crippen molar-refractivity contribution in [3.63, 3.8) is 0 Å². The minimum absolute atomic E-state index is 0.165. The van der Waals surface area contributed by atoms with E-state index in [0.29, 0.717) is 55.9 Å². The van der Waals surface area contributed by atoms with Crippen molar-refractivity contribution in [1.29, 1.82) is 0 Å². The average Bonchev–Trinajstić information content (AvgIpc) is 4.21. The molecule has 4 fully saturated rings. The van der Waals surface area contributed by atoms with E-state index in [0.717, 1.165) is 133 Å². The van der Waals surface area contributed by atoms with E-state index in [1.54, 1.807) is 18.5 Å². The largest absolute Gasteiger partial charge is 0.364 e. The first kappa shape index (κ1) is 40.4. The Hall–Kier alpha value is -5.99. The smallest absolute Gasteiger partial charge is 0.172 e. The number of fused-ring (bicyclic) bond motifs is 2. The minimum atomic E-state index is -0.673. The number of rotatable bonds is 10. The van der Waals surface area contributed by atoms with Gasteiger partial charge in [0.1, 0.15) is 34.3 Å². The summed E-state index contributed by atoms with van der Waals surface area (Å²) in [5.41, 5.74) is 5.42. The number of aryl methyl sites for hydroxylation is 2. The van der Waals surface area contributed by atoms with Gasteiger partial charge in [-0.05, 0) is 120 Å². The second kappa shape index (κ2) is 17.2. The Balaban J connectivity index is 0.000000156. The van der Waals surface area contributed by atoms with E-state index in [1.807, 2.05) is 26.0 Å². The zero-order valence-corrected chi connectivity index (χ0v) is 34.3. The normalized spacial score (nSPS) is 17.3. The maximum Gasteiger partial charge on any atom is 0.172 e. The van der Waals surface area contributed by atoms with Gasteiger partial charge in [-0.15, -0.1) is 0 Å². The first-order chi connectivity index (χ1) is 29.5. The maximum atomic E-state index is 14.0. The number of aromatic nitrogens is 6. The van der Waals surface area contributed by atoms with Crippen LogP contribution in [-0.4, -0.2) is 73.9 Å². The zero-order valence-electron chi connectivity index (χ0n) is 34.3. The molecule has 2 N–H and O–H groups in total. The third kappa shape index (κ3) is 9.50. The van der Waals surface area contributed by atoms with Crippen molar-refractivity contribution >= 4 is 51.1 Å². The molecule has 316 valence electrons. The second-order valence-corrected chi connectivity index (χ2v) is 16.9. The molecule has 2 aliphatic carbocycles. The fourth-order valence-electron chi connectivity index (χ4n) is 8.19. The molecule has 0 atom stereocenters. The molecular formula is C46H48F4N10O. The van der Waals surface area contributed by atoms with E-state index in [4.69, 9.17) is 19.9 Å². The van der Waals surface area contributed by atoms with Gasteiger partial charge in [0.25, 0.3) is 0 Å². The zero-order chi connectivity index (χ0) is 42.2. The number of Topliss-reactive ketones (excluding diaryl/α,β-unsaturated/α-hetero) is 1. The number of hydrogen-bond donors (Lipinski definition) is 2. The van der Waals surface area contributed by atoms with Crippen LogP contribution in [0.2, 0.25) is 0 Å². The highest BCUT2D eigenvalue weighted by molar-refractivity contribution is 5.98. The van der Waals surface area contributed by atoms with Crippen LogP contribution < -0.4 is 20.4 Å². The topological polar surface area (TPSA) is 125 Å². The van der Waals surface area contributed by atoms with Gasteiger partial charge >= 0.3 is 0 Å². The van der Waals surface area contributed by atoms with Crippen molar-refractivity contribution in [2.75, 3.05) is 46.6 Å². The number of pyridine rings is 2. The Morgan fingerprint density at radius 3 is 1.70 bits per heavy atom. The van der Waals surface area contributed by atoms with Crippen LogP contribution in [-0.2, 0) is 6.42 Å². The van der Waals surface area contributed by atoms with E-state index in [-0.39, 0.29) is 17.3 Å². The minimum Gasteiger partial charge on any atom is -0.364 e. The molecule has 61 heavy (non-hydrogen) atoms. The highest BCUT2D eigenvalue weighted by Crippen LogP contribution is 2.35. The van der Waals surface area contributed by atoms with Crippen LogP contribution in [0, 0.1) is 49.0 Å². The summed E-state index contributed by atoms with van der Waals surface area (Å²) in [5.74, 6) is 0.684. The molecule has 6 heterocycles. The van der Waals surface area contributed by atoms with Gasteiger partial charge in [-0.1, -0.05) is 6.07 Å². The van der Waals surface area contributed by atoms with Crippen molar-refractivity contribution in [1.82, 2.24) is 29.9 Å². The van der Waals surface area contributed by atoms with Crippen LogP contribution >= 0.6 is 0 Å². The molecule has 0 radical (unpaired) electrons. The maximum absolute atomic E-state index is 14.0. The molecule has 15 heteroatoms. The van der Waals surface area contributed by atoms with Crippen molar-refractivity contribution in [2.24, 2.45) is 11.8 Å². The SMILES string of the molecule is Cc1cc2nc(N3CCC(Cc4ccc(F)cc4F)CC3)c(NC3CC3)nc2cn1.Cc1cc2nc(NC3CC3)c(N3CCC(C(=O)c4cc(F)ccc4F)CC3)nc2cn1. The van der Waals surface area contributed by atoms with Gasteiger partial charge in [-0.2, -0.15) is 0 Å². The molecule has 2 saturated carbocycles. The van der Waals surface area contributed by atoms with Crippen LogP contribution in [0.3, 0.4) is 0 Å². The van der Waals surface area contributed by atoms with Gasteiger partial charge in [-0.25, -0.2) is 37.5 Å². The number of carbonyl (C=O) groups excluding carboxylic acids is 1. The second-order valence-electron chi connectivity index (χ2n) is 16.9. The van der Waals surface area contributed by atoms with Crippen LogP contribution in [0.15, 0.2) is 60.9 Å². The number of anilines is 4. The van der Waals surface area contributed by atoms with Crippen LogP contribution in [0.25, 0.3) is 22.1 Å². The van der Waals surface area contributed by atoms with Gasteiger partial charge in [0.2, 0.25) is 0 Å². The van der Waals surface area contributed by atoms with Crippen LogP contribution in [0.5, 0.6) is 0 Å². The summed E-state index contributed by atoms with van der Waals surface area (Å²) in [6.45, 7) is 6.75. The number of hydrogen-bond acceptors (Lipinski definition) is 11. The number of benzene rings is 2. The number of halogens is 4. The van der Waals surface area contributed by atoms with Gasteiger partial charge in [0.05, 0.1) is 29.0 Å². The van der Waals surface area contributed by atoms with Gasteiger partial charge in [0.15, 0.2) is 29.1 Å². The number of ketones is 1. The summed E-state index contributed by atoms with van der Waals surface area (Å²) in [5, 5.41) is 7.00. The first-order valence-electron chi connectivity index (χ1n) is 21.3. The third-order valence-electron chi connectivity index (χ3n) is 12.0. The Labute approximate surface area is 351 Å². The quantitative estimate of drug-likeness (QED) is 0.102. The molecule has 4 aromatic heterocycles. The number of nitrogens with one attached hydrogen (secondary N) is 2. The lowest BCUT2D eigenvalue weighted by molar-refractivity contribution is 0.0895. The number of carbonyl (C=O) groups is 1. The van der Waals surface area contributed by atoms with E-state index < -0.39 is 23.3 Å². The molecule has 10 rings (SSSR count). The fraction of sp³-hybridized carbons (Fsp3) is 0.413. The van der Waals surface area contributed by atoms with Crippen LogP contribution in [0.1, 0.15) is 78.7 Å². The van der Waals surface area contributed by atoms with Gasteiger partial charge in [-0.3, -0.25) is 14.8 Å². The number of nitrogens with zero attached hydrogens (tertiary/aromatic N) is 8. The lowest BCUT2D eigenvalue weighted by atomic mass is 9.88.